The fourth-order valence-corrected chi connectivity index (χ4v) is 6.60. The van der Waals surface area contributed by atoms with E-state index in [0.29, 0.717) is 28.5 Å². The van der Waals surface area contributed by atoms with Gasteiger partial charge in [-0.05, 0) is 55.7 Å². The monoisotopic (exact) mass is 635 g/mol. The normalized spacial score (nSPS) is 12.8. The van der Waals surface area contributed by atoms with E-state index >= 15 is 0 Å². The number of pyridine rings is 1. The molecule has 10 nitrogen and oxygen atoms in total. The Morgan fingerprint density at radius 3 is 2.32 bits per heavy atom. The molecule has 2 amide bonds. The zero-order valence-corrected chi connectivity index (χ0v) is 26.8. The maximum Gasteiger partial charge on any atom is 0.254 e. The van der Waals surface area contributed by atoms with Crippen LogP contribution in [0.3, 0.4) is 0 Å². The smallest absolute Gasteiger partial charge is 0.254 e. The quantitative estimate of drug-likeness (QED) is 0.227. The number of hydrogen-bond acceptors (Lipinski definition) is 9. The number of benzene rings is 2. The topological polar surface area (TPSA) is 147 Å². The second-order valence-electron chi connectivity index (χ2n) is 10.9. The molecule has 0 radical (unpaired) electrons. The first-order valence-corrected chi connectivity index (χ1v) is 16.9. The molecule has 2 heterocycles. The molecule has 0 saturated heterocycles. The van der Waals surface area contributed by atoms with E-state index in [-0.39, 0.29) is 35.9 Å². The lowest BCUT2D eigenvalue weighted by Gasteiger charge is -2.36. The van der Waals surface area contributed by atoms with Gasteiger partial charge < -0.3 is 20.6 Å². The summed E-state index contributed by atoms with van der Waals surface area (Å²) in [6.45, 7) is 3.90. The maximum absolute atomic E-state index is 14.2. The first kappa shape index (κ1) is 32.8. The second kappa shape index (κ2) is 14.1. The average Bonchev–Trinajstić information content (AvgIpc) is 3.39. The molecule has 2 aromatic carbocycles. The van der Waals surface area contributed by atoms with Gasteiger partial charge in [0.2, 0.25) is 5.91 Å². The minimum atomic E-state index is -3.23. The van der Waals surface area contributed by atoms with Gasteiger partial charge in [0, 0.05) is 47.7 Å². The Balaban J connectivity index is 1.70. The first-order valence-electron chi connectivity index (χ1n) is 14.0. The van der Waals surface area contributed by atoms with Gasteiger partial charge in [-0.1, -0.05) is 42.5 Å². The van der Waals surface area contributed by atoms with Crippen molar-refractivity contribution in [3.63, 3.8) is 0 Å². The number of amides is 2. The van der Waals surface area contributed by atoms with Crippen LogP contribution in [0.4, 0.5) is 5.82 Å². The molecule has 0 unspecified atom stereocenters. The fraction of sp³-hybridized carbons (Fsp3) is 0.312. The van der Waals surface area contributed by atoms with Gasteiger partial charge >= 0.3 is 0 Å². The number of rotatable bonds is 13. The summed E-state index contributed by atoms with van der Waals surface area (Å²) in [6, 6.07) is 18.6. The van der Waals surface area contributed by atoms with Crippen LogP contribution in [0.2, 0.25) is 0 Å². The van der Waals surface area contributed by atoms with Gasteiger partial charge in [0.15, 0.2) is 9.84 Å². The second-order valence-corrected chi connectivity index (χ2v) is 14.0. The highest BCUT2D eigenvalue weighted by atomic mass is 32.2. The number of carbonyl (C=O) groups excluding carboxylic acids is 2. The van der Waals surface area contributed by atoms with E-state index in [0.717, 1.165) is 11.3 Å². The van der Waals surface area contributed by atoms with Crippen molar-refractivity contribution in [2.24, 2.45) is 5.73 Å². The van der Waals surface area contributed by atoms with Crippen LogP contribution in [-0.4, -0.2) is 72.2 Å². The number of nitrogens with zero attached hydrogens (tertiary/aromatic N) is 4. The van der Waals surface area contributed by atoms with E-state index in [1.807, 2.05) is 42.6 Å². The average molecular weight is 636 g/mol. The minimum Gasteiger partial charge on any atom is -0.389 e. The van der Waals surface area contributed by atoms with Gasteiger partial charge in [-0.3, -0.25) is 9.59 Å². The summed E-state index contributed by atoms with van der Waals surface area (Å²) in [5, 5.41) is 14.5. The third kappa shape index (κ3) is 8.71. The number of likely N-dealkylation sites (N-methyl/N-ethyl adjacent to an activating group) is 1. The minimum absolute atomic E-state index is 0.109. The molecule has 0 bridgehead atoms. The number of anilines is 1. The molecule has 3 N–H and O–H groups in total. The van der Waals surface area contributed by atoms with Crippen LogP contribution in [-0.2, 0) is 28.6 Å². The number of thiazole rings is 1. The summed E-state index contributed by atoms with van der Waals surface area (Å²) >= 11 is 1.43. The lowest BCUT2D eigenvalue weighted by Crippen LogP contribution is -2.51. The highest BCUT2D eigenvalue weighted by Crippen LogP contribution is 2.24. The van der Waals surface area contributed by atoms with Crippen LogP contribution in [0.5, 0.6) is 0 Å². The number of nitrogens with two attached hydrogens (primary N) is 1. The molecule has 0 fully saturated rings. The van der Waals surface area contributed by atoms with Gasteiger partial charge in [-0.2, -0.15) is 0 Å². The number of aliphatic hydroxyl groups is 1. The van der Waals surface area contributed by atoms with Crippen LogP contribution in [0.25, 0.3) is 0 Å². The molecule has 0 aliphatic heterocycles. The number of primary amides is 1. The summed E-state index contributed by atoms with van der Waals surface area (Å²) in [6.07, 6.45) is 0.489. The molecule has 0 aliphatic carbocycles. The number of aliphatic hydroxyl groups excluding tert-OH is 1. The number of carbonyl (C=O) groups is 2. The molecular weight excluding hydrogens is 599 g/mol. The molecule has 12 heteroatoms. The van der Waals surface area contributed by atoms with Crippen molar-refractivity contribution in [1.82, 2.24) is 14.9 Å². The fourth-order valence-electron chi connectivity index (χ4n) is 4.96. The molecule has 4 rings (SSSR count). The lowest BCUT2D eigenvalue weighted by molar-refractivity contribution is 0.0349. The Morgan fingerprint density at radius 2 is 1.70 bits per heavy atom. The standard InChI is InChI=1S/C32H37N5O5S2/c1-21-19-43-30(34-21)18-37(32(40)25-12-8-11-24(16-25)31(33)39)27(15-23-9-6-5-7-10-23)28(38)17-36(3)29-14-13-26(22(2)35-29)20-44(4,41)42/h5-14,16,19,27-28,38H,15,17-18,20H2,1-4H3,(H2,33,39)/t27-,28+/m0/s1. The lowest BCUT2D eigenvalue weighted by atomic mass is 9.97. The van der Waals surface area contributed by atoms with Gasteiger partial charge in [-0.25, -0.2) is 18.4 Å². The van der Waals surface area contributed by atoms with Gasteiger partial charge in [0.05, 0.1) is 24.4 Å². The van der Waals surface area contributed by atoms with Crippen LogP contribution in [0.1, 0.15) is 48.2 Å². The molecule has 232 valence electrons. The van der Waals surface area contributed by atoms with Gasteiger partial charge in [-0.15, -0.1) is 11.3 Å². The summed E-state index contributed by atoms with van der Waals surface area (Å²) < 4.78 is 23.6. The summed E-state index contributed by atoms with van der Waals surface area (Å²) in [5.74, 6) is -0.570. The van der Waals surface area contributed by atoms with Crippen LogP contribution in [0, 0.1) is 13.8 Å². The third-order valence-corrected chi connectivity index (χ3v) is 9.00. The molecule has 0 spiro atoms. The Kier molecular flexibility index (Phi) is 10.5. The van der Waals surface area contributed by atoms with Crippen LogP contribution in [0.15, 0.2) is 72.1 Å². The largest absolute Gasteiger partial charge is 0.389 e. The molecule has 44 heavy (non-hydrogen) atoms. The molecule has 4 aromatic rings. The Bertz CT molecular complexity index is 1730. The molecule has 2 aromatic heterocycles. The zero-order chi connectivity index (χ0) is 32.0. The van der Waals surface area contributed by atoms with Crippen molar-refractivity contribution in [3.8, 4) is 0 Å². The van der Waals surface area contributed by atoms with E-state index in [1.54, 1.807) is 54.1 Å². The van der Waals surface area contributed by atoms with E-state index in [2.05, 4.69) is 9.97 Å². The van der Waals surface area contributed by atoms with Gasteiger partial charge in [0.25, 0.3) is 5.91 Å². The Labute approximate surface area is 262 Å². The van der Waals surface area contributed by atoms with Crippen molar-refractivity contribution in [3.05, 3.63) is 111 Å². The van der Waals surface area contributed by atoms with Gasteiger partial charge in [0.1, 0.15) is 10.8 Å². The molecule has 2 atom stereocenters. The predicted molar refractivity (Wildman–Crippen MR) is 172 cm³/mol. The third-order valence-electron chi connectivity index (χ3n) is 7.21. The number of aryl methyl sites for hydroxylation is 2. The summed E-state index contributed by atoms with van der Waals surface area (Å²) in [5.41, 5.74) is 8.93. The number of hydrogen-bond donors (Lipinski definition) is 2. The van der Waals surface area contributed by atoms with Crippen molar-refractivity contribution in [2.75, 3.05) is 24.7 Å². The first-order chi connectivity index (χ1) is 20.8. The number of sulfone groups is 1. The van der Waals surface area contributed by atoms with E-state index in [4.69, 9.17) is 5.73 Å². The van der Waals surface area contributed by atoms with Crippen molar-refractivity contribution >= 4 is 38.8 Å². The molecular formula is C32H37N5O5S2. The highest BCUT2D eigenvalue weighted by Gasteiger charge is 2.33. The van der Waals surface area contributed by atoms with Crippen molar-refractivity contribution in [1.29, 1.82) is 0 Å². The van der Waals surface area contributed by atoms with E-state index < -0.39 is 27.9 Å². The Morgan fingerprint density at radius 1 is 1.00 bits per heavy atom. The van der Waals surface area contributed by atoms with Crippen LogP contribution < -0.4 is 10.6 Å². The zero-order valence-electron chi connectivity index (χ0n) is 25.2. The SMILES string of the molecule is Cc1csc(CN(C(=O)c2cccc(C(N)=O)c2)[C@@H](Cc2ccccc2)[C@H](O)CN(C)c2ccc(CS(C)(=O)=O)c(C)n2)n1. The van der Waals surface area contributed by atoms with Crippen molar-refractivity contribution in [2.45, 2.75) is 44.7 Å². The number of aromatic nitrogens is 2. The summed E-state index contributed by atoms with van der Waals surface area (Å²) in [4.78, 5) is 38.6. The molecule has 0 aliphatic rings. The maximum atomic E-state index is 14.2. The van der Waals surface area contributed by atoms with E-state index in [1.165, 1.54) is 23.7 Å². The van der Waals surface area contributed by atoms with Crippen molar-refractivity contribution < 1.29 is 23.1 Å². The molecule has 0 saturated carbocycles. The highest BCUT2D eigenvalue weighted by molar-refractivity contribution is 7.89. The summed E-state index contributed by atoms with van der Waals surface area (Å²) in [7, 11) is -1.44. The predicted octanol–water partition coefficient (Wildman–Crippen LogP) is 3.55. The van der Waals surface area contributed by atoms with E-state index in [9.17, 15) is 23.1 Å². The van der Waals surface area contributed by atoms with Crippen LogP contribution >= 0.6 is 11.3 Å². The Hall–Kier alpha value is -4.13.